The number of nitrogens with two attached hydrogens (primary N) is 1. The second-order valence-corrected chi connectivity index (χ2v) is 3.76. The predicted molar refractivity (Wildman–Crippen MR) is 63.6 cm³/mol. The maximum Gasteiger partial charge on any atom is 0.223 e. The molecule has 2 rings (SSSR count). The summed E-state index contributed by atoms with van der Waals surface area (Å²) in [5.41, 5.74) is 6.31. The molecule has 3 nitrogen and oxygen atoms in total. The Labute approximate surface area is 103 Å². The van der Waals surface area contributed by atoms with Crippen LogP contribution in [0.15, 0.2) is 36.5 Å². The number of aromatic nitrogens is 1. The molecule has 0 amide bonds. The minimum atomic E-state index is -0.414. The molecule has 0 radical (unpaired) electrons. The Morgan fingerprint density at radius 3 is 2.88 bits per heavy atom. The first-order chi connectivity index (χ1) is 8.20. The standard InChI is InChI=1S/C12H10ClFN2O/c13-10-6-9(14)3-4-11(10)17-12-8(7-15)2-1-5-16-12/h1-6H,7,15H2. The van der Waals surface area contributed by atoms with E-state index in [0.717, 1.165) is 5.56 Å². The van der Waals surface area contributed by atoms with Crippen molar-refractivity contribution >= 4 is 11.6 Å². The first kappa shape index (κ1) is 11.8. The largest absolute Gasteiger partial charge is 0.437 e. The second kappa shape index (κ2) is 5.12. The third-order valence-corrected chi connectivity index (χ3v) is 2.47. The van der Waals surface area contributed by atoms with Crippen LogP contribution in [0.4, 0.5) is 4.39 Å². The summed E-state index contributed by atoms with van der Waals surface area (Å²) in [6.07, 6.45) is 1.59. The minimum absolute atomic E-state index is 0.193. The average molecular weight is 253 g/mol. The van der Waals surface area contributed by atoms with Crippen LogP contribution in [0, 0.1) is 5.82 Å². The zero-order valence-electron chi connectivity index (χ0n) is 8.86. The number of ether oxygens (including phenoxy) is 1. The molecule has 0 spiro atoms. The normalized spacial score (nSPS) is 10.3. The highest BCUT2D eigenvalue weighted by atomic mass is 35.5. The van der Waals surface area contributed by atoms with E-state index in [2.05, 4.69) is 4.98 Å². The molecule has 0 aliphatic rings. The number of pyridine rings is 1. The summed E-state index contributed by atoms with van der Waals surface area (Å²) < 4.78 is 18.4. The van der Waals surface area contributed by atoms with E-state index in [1.807, 2.05) is 0 Å². The van der Waals surface area contributed by atoms with E-state index in [1.165, 1.54) is 18.2 Å². The Hall–Kier alpha value is -1.65. The molecule has 1 heterocycles. The van der Waals surface area contributed by atoms with Crippen LogP contribution in [0.5, 0.6) is 11.6 Å². The van der Waals surface area contributed by atoms with E-state index in [-0.39, 0.29) is 5.02 Å². The molecule has 0 bridgehead atoms. The summed E-state index contributed by atoms with van der Waals surface area (Å²) >= 11 is 5.85. The van der Waals surface area contributed by atoms with E-state index in [0.29, 0.717) is 18.2 Å². The zero-order chi connectivity index (χ0) is 12.3. The van der Waals surface area contributed by atoms with Crippen LogP contribution in [0.2, 0.25) is 5.02 Å². The Bertz CT molecular complexity index is 534. The van der Waals surface area contributed by atoms with Crippen LogP contribution in [-0.4, -0.2) is 4.98 Å². The summed E-state index contributed by atoms with van der Waals surface area (Å²) in [6, 6.07) is 7.47. The summed E-state index contributed by atoms with van der Waals surface area (Å²) in [6.45, 7) is 0.308. The van der Waals surface area contributed by atoms with Gasteiger partial charge in [-0.3, -0.25) is 0 Å². The molecule has 0 saturated heterocycles. The quantitative estimate of drug-likeness (QED) is 0.913. The van der Waals surface area contributed by atoms with Crippen molar-refractivity contribution in [2.75, 3.05) is 0 Å². The molecule has 0 fully saturated rings. The first-order valence-corrected chi connectivity index (χ1v) is 5.35. The van der Waals surface area contributed by atoms with Crippen molar-refractivity contribution in [1.29, 1.82) is 0 Å². The third-order valence-electron chi connectivity index (χ3n) is 2.17. The summed E-state index contributed by atoms with van der Waals surface area (Å²) in [5, 5.41) is 0.193. The molecule has 0 aliphatic carbocycles. The molecule has 88 valence electrons. The Morgan fingerprint density at radius 1 is 1.35 bits per heavy atom. The Kier molecular flexibility index (Phi) is 3.56. The van der Waals surface area contributed by atoms with Crippen molar-refractivity contribution in [3.8, 4) is 11.6 Å². The average Bonchev–Trinajstić information content (AvgIpc) is 2.33. The fraction of sp³-hybridized carbons (Fsp3) is 0.0833. The van der Waals surface area contributed by atoms with Crippen LogP contribution in [0.1, 0.15) is 5.56 Å². The van der Waals surface area contributed by atoms with Gasteiger partial charge in [-0.05, 0) is 24.3 Å². The number of benzene rings is 1. The third kappa shape index (κ3) is 2.72. The van der Waals surface area contributed by atoms with Gasteiger partial charge in [0, 0.05) is 18.3 Å². The number of halogens is 2. The molecule has 0 saturated carbocycles. The summed E-state index contributed by atoms with van der Waals surface area (Å²) in [7, 11) is 0. The SMILES string of the molecule is NCc1cccnc1Oc1ccc(F)cc1Cl. The van der Waals surface area contributed by atoms with Gasteiger partial charge in [0.25, 0.3) is 0 Å². The summed E-state index contributed by atoms with van der Waals surface area (Å²) in [5.74, 6) is 0.312. The van der Waals surface area contributed by atoms with Gasteiger partial charge in [0.15, 0.2) is 0 Å². The molecule has 5 heteroatoms. The Morgan fingerprint density at radius 2 is 2.18 bits per heavy atom. The van der Waals surface area contributed by atoms with Crippen LogP contribution in [-0.2, 0) is 6.54 Å². The van der Waals surface area contributed by atoms with Crippen LogP contribution >= 0.6 is 11.6 Å². The van der Waals surface area contributed by atoms with E-state index in [9.17, 15) is 4.39 Å². The van der Waals surface area contributed by atoms with Gasteiger partial charge in [-0.2, -0.15) is 0 Å². The van der Waals surface area contributed by atoms with E-state index in [1.54, 1.807) is 18.3 Å². The second-order valence-electron chi connectivity index (χ2n) is 3.35. The highest BCUT2D eigenvalue weighted by Crippen LogP contribution is 2.30. The lowest BCUT2D eigenvalue weighted by atomic mass is 10.3. The van der Waals surface area contributed by atoms with Gasteiger partial charge in [0.1, 0.15) is 11.6 Å². The monoisotopic (exact) mass is 252 g/mol. The maximum absolute atomic E-state index is 12.9. The van der Waals surface area contributed by atoms with E-state index >= 15 is 0 Å². The highest BCUT2D eigenvalue weighted by Gasteiger charge is 2.08. The molecule has 2 N–H and O–H groups in total. The van der Waals surface area contributed by atoms with Gasteiger partial charge < -0.3 is 10.5 Å². The van der Waals surface area contributed by atoms with Gasteiger partial charge in [0.2, 0.25) is 5.88 Å². The molecule has 0 aliphatic heterocycles. The van der Waals surface area contributed by atoms with E-state index in [4.69, 9.17) is 22.1 Å². The first-order valence-electron chi connectivity index (χ1n) is 4.97. The van der Waals surface area contributed by atoms with Crippen LogP contribution in [0.3, 0.4) is 0 Å². The molecule has 2 aromatic rings. The molecule has 1 aromatic heterocycles. The molecular formula is C12H10ClFN2O. The molecule has 17 heavy (non-hydrogen) atoms. The van der Waals surface area contributed by atoms with Crippen molar-refractivity contribution in [1.82, 2.24) is 4.98 Å². The number of hydrogen-bond donors (Lipinski definition) is 1. The van der Waals surface area contributed by atoms with Crippen molar-refractivity contribution in [3.05, 3.63) is 52.9 Å². The lowest BCUT2D eigenvalue weighted by Crippen LogP contribution is -2.01. The molecule has 0 atom stereocenters. The van der Waals surface area contributed by atoms with Crippen LogP contribution < -0.4 is 10.5 Å². The predicted octanol–water partition coefficient (Wildman–Crippen LogP) is 3.13. The van der Waals surface area contributed by atoms with Gasteiger partial charge in [-0.25, -0.2) is 9.37 Å². The van der Waals surface area contributed by atoms with Gasteiger partial charge in [0.05, 0.1) is 5.02 Å². The lowest BCUT2D eigenvalue weighted by molar-refractivity contribution is 0.455. The van der Waals surface area contributed by atoms with Gasteiger partial charge in [-0.15, -0.1) is 0 Å². The number of nitrogens with zero attached hydrogens (tertiary/aromatic N) is 1. The van der Waals surface area contributed by atoms with Crippen molar-refractivity contribution in [3.63, 3.8) is 0 Å². The van der Waals surface area contributed by atoms with Crippen molar-refractivity contribution < 1.29 is 9.13 Å². The molecular weight excluding hydrogens is 243 g/mol. The maximum atomic E-state index is 12.9. The molecule has 0 unspecified atom stereocenters. The lowest BCUT2D eigenvalue weighted by Gasteiger charge is -2.09. The fourth-order valence-corrected chi connectivity index (χ4v) is 1.54. The zero-order valence-corrected chi connectivity index (χ0v) is 9.62. The van der Waals surface area contributed by atoms with Gasteiger partial charge in [-0.1, -0.05) is 17.7 Å². The van der Waals surface area contributed by atoms with Crippen LogP contribution in [0.25, 0.3) is 0 Å². The minimum Gasteiger partial charge on any atom is -0.437 e. The van der Waals surface area contributed by atoms with Crippen molar-refractivity contribution in [2.24, 2.45) is 5.73 Å². The number of hydrogen-bond acceptors (Lipinski definition) is 3. The number of rotatable bonds is 3. The van der Waals surface area contributed by atoms with Gasteiger partial charge >= 0.3 is 0 Å². The highest BCUT2D eigenvalue weighted by molar-refractivity contribution is 6.32. The Balaban J connectivity index is 2.31. The van der Waals surface area contributed by atoms with Crippen molar-refractivity contribution in [2.45, 2.75) is 6.54 Å². The fourth-order valence-electron chi connectivity index (χ4n) is 1.33. The molecule has 1 aromatic carbocycles. The topological polar surface area (TPSA) is 48.1 Å². The van der Waals surface area contributed by atoms with E-state index < -0.39 is 5.82 Å². The smallest absolute Gasteiger partial charge is 0.223 e. The summed E-state index contributed by atoms with van der Waals surface area (Å²) in [4.78, 5) is 4.05.